The van der Waals surface area contributed by atoms with Crippen LogP contribution in [0.2, 0.25) is 0 Å². The molecule has 0 aliphatic carbocycles. The summed E-state index contributed by atoms with van der Waals surface area (Å²) in [6.45, 7) is 9.50. The zero-order valence-corrected chi connectivity index (χ0v) is 8.52. The van der Waals surface area contributed by atoms with Crippen molar-refractivity contribution in [1.82, 2.24) is 0 Å². The normalized spacial score (nSPS) is 12.5. The molecule has 0 heterocycles. The van der Waals surface area contributed by atoms with Gasteiger partial charge in [0.25, 0.3) is 0 Å². The molecule has 0 amide bonds. The number of hydrogen-bond acceptors (Lipinski definition) is 3. The fourth-order valence-electron chi connectivity index (χ4n) is 0.614. The maximum atomic E-state index is 5.62. The molecule has 0 rings (SSSR count). The van der Waals surface area contributed by atoms with E-state index < -0.39 is 0 Å². The van der Waals surface area contributed by atoms with Crippen LogP contribution in [0, 0.1) is 5.92 Å². The molecule has 0 aromatic carbocycles. The molecule has 0 saturated carbocycles. The summed E-state index contributed by atoms with van der Waals surface area (Å²) in [6.07, 6.45) is 0.840. The Labute approximate surface area is 75.2 Å². The van der Waals surface area contributed by atoms with E-state index in [9.17, 15) is 0 Å². The highest BCUT2D eigenvalue weighted by molar-refractivity contribution is 4.96. The van der Waals surface area contributed by atoms with E-state index in [0.29, 0.717) is 13.2 Å². The van der Waals surface area contributed by atoms with Crippen LogP contribution in [0.4, 0.5) is 0 Å². The molecule has 0 aromatic heterocycles. The zero-order chi connectivity index (χ0) is 9.61. The van der Waals surface area contributed by atoms with Gasteiger partial charge < -0.3 is 9.57 Å². The van der Waals surface area contributed by atoms with E-state index in [0.717, 1.165) is 6.42 Å². The summed E-state index contributed by atoms with van der Waals surface area (Å²) in [4.78, 5) is 4.43. The van der Waals surface area contributed by atoms with Gasteiger partial charge in [-0.1, -0.05) is 13.8 Å². The van der Waals surface area contributed by atoms with Crippen LogP contribution in [0.25, 0.3) is 0 Å². The second kappa shape index (κ2) is 5.51. The van der Waals surface area contributed by atoms with Crippen molar-refractivity contribution in [3.63, 3.8) is 0 Å². The van der Waals surface area contributed by atoms with Crippen molar-refractivity contribution in [3.05, 3.63) is 5.92 Å². The summed E-state index contributed by atoms with van der Waals surface area (Å²) < 4.78 is 5.62. The molecule has 0 bridgehead atoms. The van der Waals surface area contributed by atoms with Crippen molar-refractivity contribution < 1.29 is 9.57 Å². The van der Waals surface area contributed by atoms with Crippen LogP contribution in [0.5, 0.6) is 0 Å². The largest absolute Gasteiger partial charge is 0.375 e. The van der Waals surface area contributed by atoms with Gasteiger partial charge in [-0.15, -0.1) is 0 Å². The van der Waals surface area contributed by atoms with Crippen molar-refractivity contribution >= 4 is 0 Å². The molecule has 0 unspecified atom stereocenters. The highest BCUT2D eigenvalue weighted by Crippen LogP contribution is 2.21. The summed E-state index contributed by atoms with van der Waals surface area (Å²) in [5.41, 5.74) is -0.130. The summed E-state index contributed by atoms with van der Waals surface area (Å²) in [5, 5.41) is 0. The SMILES string of the molecule is C[C](C)C(C)(C)OCCCON. The highest BCUT2D eigenvalue weighted by atomic mass is 16.6. The Balaban J connectivity index is 3.47. The molecule has 0 saturated heterocycles. The fraction of sp³-hybridized carbons (Fsp3) is 0.889. The lowest BCUT2D eigenvalue weighted by Gasteiger charge is -2.29. The van der Waals surface area contributed by atoms with Crippen LogP contribution < -0.4 is 5.90 Å². The minimum absolute atomic E-state index is 0.130. The summed E-state index contributed by atoms with van der Waals surface area (Å²) in [6, 6.07) is 0. The van der Waals surface area contributed by atoms with Gasteiger partial charge in [0, 0.05) is 12.5 Å². The van der Waals surface area contributed by atoms with Crippen molar-refractivity contribution in [1.29, 1.82) is 0 Å². The van der Waals surface area contributed by atoms with Gasteiger partial charge in [0.05, 0.1) is 12.2 Å². The van der Waals surface area contributed by atoms with Crippen LogP contribution in [-0.4, -0.2) is 18.8 Å². The van der Waals surface area contributed by atoms with Crippen LogP contribution in [-0.2, 0) is 9.57 Å². The molecule has 0 aliphatic heterocycles. The molecule has 0 fully saturated rings. The van der Waals surface area contributed by atoms with Crippen LogP contribution in [0.3, 0.4) is 0 Å². The molecule has 1 radical (unpaired) electrons. The number of ether oxygens (including phenoxy) is 1. The highest BCUT2D eigenvalue weighted by Gasteiger charge is 2.22. The average Bonchev–Trinajstić information content (AvgIpc) is 1.98. The first-order valence-corrected chi connectivity index (χ1v) is 4.27. The maximum Gasteiger partial charge on any atom is 0.0701 e. The van der Waals surface area contributed by atoms with Crippen LogP contribution in [0.15, 0.2) is 0 Å². The molecule has 2 N–H and O–H groups in total. The summed E-state index contributed by atoms with van der Waals surface area (Å²) in [7, 11) is 0. The first kappa shape index (κ1) is 11.9. The third-order valence-corrected chi connectivity index (χ3v) is 2.07. The van der Waals surface area contributed by atoms with Crippen molar-refractivity contribution in [3.8, 4) is 0 Å². The van der Waals surface area contributed by atoms with Crippen molar-refractivity contribution in [2.24, 2.45) is 5.90 Å². The minimum atomic E-state index is -0.130. The summed E-state index contributed by atoms with van der Waals surface area (Å²) >= 11 is 0. The third-order valence-electron chi connectivity index (χ3n) is 2.07. The average molecular weight is 174 g/mol. The Morgan fingerprint density at radius 2 is 1.83 bits per heavy atom. The Bertz CT molecular complexity index is 113. The summed E-state index contributed by atoms with van der Waals surface area (Å²) in [5.74, 6) is 6.15. The van der Waals surface area contributed by atoms with Gasteiger partial charge in [-0.05, 0) is 20.3 Å². The first-order chi connectivity index (χ1) is 5.50. The Morgan fingerprint density at radius 3 is 2.25 bits per heavy atom. The van der Waals surface area contributed by atoms with E-state index in [4.69, 9.17) is 10.6 Å². The van der Waals surface area contributed by atoms with Gasteiger partial charge in [0.1, 0.15) is 0 Å². The van der Waals surface area contributed by atoms with Gasteiger partial charge in [-0.3, -0.25) is 0 Å². The van der Waals surface area contributed by atoms with E-state index in [1.165, 1.54) is 5.92 Å². The third kappa shape index (κ3) is 4.70. The second-order valence-electron chi connectivity index (χ2n) is 3.58. The van der Waals surface area contributed by atoms with Gasteiger partial charge in [-0.25, -0.2) is 5.90 Å². The Kier molecular flexibility index (Phi) is 5.46. The second-order valence-corrected chi connectivity index (χ2v) is 3.58. The zero-order valence-electron chi connectivity index (χ0n) is 8.52. The number of hydrogen-bond donors (Lipinski definition) is 1. The van der Waals surface area contributed by atoms with E-state index >= 15 is 0 Å². The lowest BCUT2D eigenvalue weighted by atomic mass is 9.95. The van der Waals surface area contributed by atoms with E-state index in [1.807, 2.05) is 0 Å². The molecule has 0 aromatic rings. The lowest BCUT2D eigenvalue weighted by molar-refractivity contribution is -0.0159. The monoisotopic (exact) mass is 174 g/mol. The first-order valence-electron chi connectivity index (χ1n) is 4.27. The maximum absolute atomic E-state index is 5.62. The topological polar surface area (TPSA) is 44.5 Å². The fourth-order valence-corrected chi connectivity index (χ4v) is 0.614. The molecule has 3 heteroatoms. The van der Waals surface area contributed by atoms with Gasteiger partial charge in [0.15, 0.2) is 0 Å². The number of nitrogens with two attached hydrogens (primary N) is 1. The molecule has 0 atom stereocenters. The van der Waals surface area contributed by atoms with Gasteiger partial charge in [0.2, 0.25) is 0 Å². The lowest BCUT2D eigenvalue weighted by Crippen LogP contribution is -2.30. The predicted octanol–water partition coefficient (Wildman–Crippen LogP) is 1.68. The van der Waals surface area contributed by atoms with Crippen LogP contribution >= 0.6 is 0 Å². The van der Waals surface area contributed by atoms with Crippen molar-refractivity contribution in [2.45, 2.75) is 39.7 Å². The smallest absolute Gasteiger partial charge is 0.0701 e. The van der Waals surface area contributed by atoms with E-state index in [2.05, 4.69) is 32.5 Å². The molecule has 12 heavy (non-hydrogen) atoms. The molecule has 3 nitrogen and oxygen atoms in total. The molecule has 73 valence electrons. The van der Waals surface area contributed by atoms with E-state index in [-0.39, 0.29) is 5.60 Å². The molecule has 0 aliphatic rings. The Hall–Kier alpha value is -0.120. The Morgan fingerprint density at radius 1 is 1.25 bits per heavy atom. The predicted molar refractivity (Wildman–Crippen MR) is 49.4 cm³/mol. The van der Waals surface area contributed by atoms with Gasteiger partial charge >= 0.3 is 0 Å². The molecular weight excluding hydrogens is 154 g/mol. The molecular formula is C9H20NO2. The minimum Gasteiger partial charge on any atom is -0.375 e. The standard InChI is InChI=1S/C9H20NO2/c1-8(2)9(3,4)11-6-5-7-12-10/h5-7,10H2,1-4H3. The number of rotatable bonds is 6. The van der Waals surface area contributed by atoms with Gasteiger partial charge in [-0.2, -0.15) is 0 Å². The quantitative estimate of drug-likeness (QED) is 0.492. The van der Waals surface area contributed by atoms with E-state index in [1.54, 1.807) is 0 Å². The van der Waals surface area contributed by atoms with Crippen molar-refractivity contribution in [2.75, 3.05) is 13.2 Å². The van der Waals surface area contributed by atoms with Crippen LogP contribution in [0.1, 0.15) is 34.1 Å². The molecule has 0 spiro atoms.